The molecule has 66 valence electrons. The molecule has 0 aliphatic rings. The zero-order valence-corrected chi connectivity index (χ0v) is 8.05. The maximum atomic E-state index is 9.62. The van der Waals surface area contributed by atoms with Crippen LogP contribution in [0.3, 0.4) is 0 Å². The lowest BCUT2D eigenvalue weighted by atomic mass is 10.0. The Kier molecular flexibility index (Phi) is 3.50. The molecule has 2 unspecified atom stereocenters. The zero-order valence-electron chi connectivity index (χ0n) is 7.23. The Hall–Kier alpha value is -0.600. The van der Waals surface area contributed by atoms with Crippen LogP contribution in [0.1, 0.15) is 11.8 Å². The van der Waals surface area contributed by atoms with Gasteiger partial charge in [0.2, 0.25) is 0 Å². The fourth-order valence-electron chi connectivity index (χ4n) is 0.978. The summed E-state index contributed by atoms with van der Waals surface area (Å²) in [4.78, 5) is 1.23. The van der Waals surface area contributed by atoms with Crippen LogP contribution in [-0.4, -0.2) is 11.2 Å². The molecule has 1 nitrogen and oxygen atoms in total. The van der Waals surface area contributed by atoms with Gasteiger partial charge in [-0.1, -0.05) is 19.1 Å². The molecule has 0 spiro atoms. The summed E-state index contributed by atoms with van der Waals surface area (Å²) in [6.07, 6.45) is 2.24. The second kappa shape index (κ2) is 4.43. The standard InChI is InChI=1S/C10H14OS/c1-3-8(2)10(11)7-9-5-4-6-12-9/h3-6,8,10-11H,1,7H2,2H3. The van der Waals surface area contributed by atoms with Gasteiger partial charge in [0.25, 0.3) is 0 Å². The Morgan fingerprint density at radius 2 is 2.50 bits per heavy atom. The molecule has 1 heterocycles. The summed E-state index contributed by atoms with van der Waals surface area (Å²) in [6.45, 7) is 5.63. The first-order valence-electron chi connectivity index (χ1n) is 4.07. The van der Waals surface area contributed by atoms with Crippen molar-refractivity contribution < 1.29 is 5.11 Å². The van der Waals surface area contributed by atoms with E-state index in [9.17, 15) is 5.11 Å². The molecular formula is C10H14OS. The highest BCUT2D eigenvalue weighted by Crippen LogP contribution is 2.15. The number of aliphatic hydroxyl groups excluding tert-OH is 1. The molecule has 0 aliphatic carbocycles. The molecule has 2 heteroatoms. The fourth-order valence-corrected chi connectivity index (χ4v) is 1.73. The molecule has 0 aliphatic heterocycles. The lowest BCUT2D eigenvalue weighted by molar-refractivity contribution is 0.139. The summed E-state index contributed by atoms with van der Waals surface area (Å²) < 4.78 is 0. The van der Waals surface area contributed by atoms with E-state index in [1.54, 1.807) is 17.4 Å². The molecule has 2 atom stereocenters. The largest absolute Gasteiger partial charge is 0.392 e. The summed E-state index contributed by atoms with van der Waals surface area (Å²) in [5.41, 5.74) is 0. The molecule has 1 aromatic rings. The third kappa shape index (κ3) is 2.47. The first-order valence-corrected chi connectivity index (χ1v) is 4.95. The molecule has 1 N–H and O–H groups in total. The van der Waals surface area contributed by atoms with E-state index < -0.39 is 0 Å². The van der Waals surface area contributed by atoms with Gasteiger partial charge in [-0.3, -0.25) is 0 Å². The topological polar surface area (TPSA) is 20.2 Å². The van der Waals surface area contributed by atoms with Gasteiger partial charge in [0.1, 0.15) is 0 Å². The van der Waals surface area contributed by atoms with Gasteiger partial charge in [-0.15, -0.1) is 17.9 Å². The highest BCUT2D eigenvalue weighted by Gasteiger charge is 2.11. The predicted molar refractivity (Wildman–Crippen MR) is 53.4 cm³/mol. The van der Waals surface area contributed by atoms with Gasteiger partial charge in [-0.05, 0) is 11.4 Å². The minimum absolute atomic E-state index is 0.173. The van der Waals surface area contributed by atoms with Gasteiger partial charge in [0.05, 0.1) is 6.10 Å². The Bertz CT molecular complexity index is 228. The SMILES string of the molecule is C=CC(C)C(O)Cc1cccs1. The van der Waals surface area contributed by atoms with Crippen LogP contribution < -0.4 is 0 Å². The number of aliphatic hydroxyl groups is 1. The van der Waals surface area contributed by atoms with E-state index in [2.05, 4.69) is 6.58 Å². The van der Waals surface area contributed by atoms with Crippen molar-refractivity contribution in [2.45, 2.75) is 19.4 Å². The number of rotatable bonds is 4. The van der Waals surface area contributed by atoms with Gasteiger partial charge >= 0.3 is 0 Å². The summed E-state index contributed by atoms with van der Waals surface area (Å²) in [6, 6.07) is 4.05. The summed E-state index contributed by atoms with van der Waals surface area (Å²) in [7, 11) is 0. The van der Waals surface area contributed by atoms with Crippen molar-refractivity contribution in [3.63, 3.8) is 0 Å². The third-order valence-corrected chi connectivity index (χ3v) is 2.87. The van der Waals surface area contributed by atoms with E-state index in [4.69, 9.17) is 0 Å². The first-order chi connectivity index (χ1) is 5.74. The summed E-state index contributed by atoms with van der Waals surface area (Å²) in [5, 5.41) is 11.7. The van der Waals surface area contributed by atoms with E-state index in [1.807, 2.05) is 24.4 Å². The molecule has 0 bridgehead atoms. The van der Waals surface area contributed by atoms with Crippen LogP contribution >= 0.6 is 11.3 Å². The van der Waals surface area contributed by atoms with Crippen molar-refractivity contribution >= 4 is 11.3 Å². The Morgan fingerprint density at radius 3 is 3.00 bits per heavy atom. The Labute approximate surface area is 77.4 Å². The van der Waals surface area contributed by atoms with Crippen LogP contribution in [0.5, 0.6) is 0 Å². The van der Waals surface area contributed by atoms with Crippen molar-refractivity contribution in [3.05, 3.63) is 35.0 Å². The van der Waals surface area contributed by atoms with Crippen LogP contribution in [0.2, 0.25) is 0 Å². The Morgan fingerprint density at radius 1 is 1.75 bits per heavy atom. The van der Waals surface area contributed by atoms with Crippen molar-refractivity contribution in [2.75, 3.05) is 0 Å². The lowest BCUT2D eigenvalue weighted by Gasteiger charge is -2.13. The van der Waals surface area contributed by atoms with Gasteiger partial charge < -0.3 is 5.11 Å². The molecule has 1 aromatic heterocycles. The van der Waals surface area contributed by atoms with Crippen molar-refractivity contribution in [3.8, 4) is 0 Å². The molecule has 12 heavy (non-hydrogen) atoms. The average molecular weight is 182 g/mol. The number of hydrogen-bond donors (Lipinski definition) is 1. The second-order valence-electron chi connectivity index (χ2n) is 2.95. The van der Waals surface area contributed by atoms with Crippen LogP contribution in [0, 0.1) is 5.92 Å². The minimum Gasteiger partial charge on any atom is -0.392 e. The van der Waals surface area contributed by atoms with Gasteiger partial charge in [-0.25, -0.2) is 0 Å². The van der Waals surface area contributed by atoms with Crippen LogP contribution in [0.4, 0.5) is 0 Å². The number of thiophene rings is 1. The highest BCUT2D eigenvalue weighted by molar-refractivity contribution is 7.09. The summed E-state index contributed by atoms with van der Waals surface area (Å²) >= 11 is 1.68. The van der Waals surface area contributed by atoms with E-state index >= 15 is 0 Å². The zero-order chi connectivity index (χ0) is 8.97. The van der Waals surface area contributed by atoms with Gasteiger partial charge in [-0.2, -0.15) is 0 Å². The average Bonchev–Trinajstić information content (AvgIpc) is 2.55. The van der Waals surface area contributed by atoms with Crippen molar-refractivity contribution in [2.24, 2.45) is 5.92 Å². The molecule has 1 rings (SSSR count). The second-order valence-corrected chi connectivity index (χ2v) is 3.98. The maximum absolute atomic E-state index is 9.62. The quantitative estimate of drug-likeness (QED) is 0.709. The predicted octanol–water partition coefficient (Wildman–Crippen LogP) is 2.47. The minimum atomic E-state index is -0.291. The van der Waals surface area contributed by atoms with E-state index in [-0.39, 0.29) is 12.0 Å². The molecule has 0 fully saturated rings. The van der Waals surface area contributed by atoms with E-state index in [0.29, 0.717) is 0 Å². The lowest BCUT2D eigenvalue weighted by Crippen LogP contribution is -2.17. The fraction of sp³-hybridized carbons (Fsp3) is 0.400. The third-order valence-electron chi connectivity index (χ3n) is 1.97. The normalized spacial score (nSPS) is 15.5. The monoisotopic (exact) mass is 182 g/mol. The van der Waals surface area contributed by atoms with Gasteiger partial charge in [0, 0.05) is 17.2 Å². The van der Waals surface area contributed by atoms with Gasteiger partial charge in [0.15, 0.2) is 0 Å². The van der Waals surface area contributed by atoms with Crippen molar-refractivity contribution in [1.82, 2.24) is 0 Å². The smallest absolute Gasteiger partial charge is 0.0648 e. The van der Waals surface area contributed by atoms with Crippen LogP contribution in [-0.2, 0) is 6.42 Å². The van der Waals surface area contributed by atoms with E-state index in [1.165, 1.54) is 4.88 Å². The highest BCUT2D eigenvalue weighted by atomic mass is 32.1. The number of hydrogen-bond acceptors (Lipinski definition) is 2. The molecule has 0 amide bonds. The van der Waals surface area contributed by atoms with Crippen molar-refractivity contribution in [1.29, 1.82) is 0 Å². The van der Waals surface area contributed by atoms with Crippen LogP contribution in [0.15, 0.2) is 30.2 Å². The molecule has 0 aromatic carbocycles. The first kappa shape index (κ1) is 9.49. The Balaban J connectivity index is 2.46. The maximum Gasteiger partial charge on any atom is 0.0648 e. The van der Waals surface area contributed by atoms with E-state index in [0.717, 1.165) is 6.42 Å². The molecular weight excluding hydrogens is 168 g/mol. The van der Waals surface area contributed by atoms with Crippen LogP contribution in [0.25, 0.3) is 0 Å². The molecule has 0 saturated carbocycles. The summed E-state index contributed by atoms with van der Waals surface area (Å²) in [5.74, 6) is 0.173. The molecule has 0 radical (unpaired) electrons. The molecule has 0 saturated heterocycles.